The van der Waals surface area contributed by atoms with Crippen LogP contribution < -0.4 is 20.3 Å². The van der Waals surface area contributed by atoms with Gasteiger partial charge in [-0.15, -0.1) is 0 Å². The smallest absolute Gasteiger partial charge is 0.244 e. The third-order valence-corrected chi connectivity index (χ3v) is 5.18. The van der Waals surface area contributed by atoms with E-state index in [9.17, 15) is 9.18 Å². The highest BCUT2D eigenvalue weighted by molar-refractivity contribution is 6.29. The molecule has 0 saturated heterocycles. The van der Waals surface area contributed by atoms with Crippen LogP contribution in [0.15, 0.2) is 12.3 Å². The Bertz CT molecular complexity index is 921. The van der Waals surface area contributed by atoms with Crippen LogP contribution in [0.1, 0.15) is 18.5 Å². The van der Waals surface area contributed by atoms with Gasteiger partial charge in [0, 0.05) is 19.2 Å². The minimum Gasteiger partial charge on any atom is -0.492 e. The molecule has 0 bridgehead atoms. The number of hydrogen-bond donors (Lipinski definition) is 2. The van der Waals surface area contributed by atoms with Gasteiger partial charge in [-0.1, -0.05) is 11.6 Å². The molecule has 148 valence electrons. The molecule has 10 heteroatoms. The SMILES string of the molecule is Cc1nc(NC2CC(COc3cnc(Cl)c(F)c3)C2)nc2c1NC(=O)CN2C. The Morgan fingerprint density at radius 1 is 1.43 bits per heavy atom. The zero-order valence-electron chi connectivity index (χ0n) is 15.5. The topological polar surface area (TPSA) is 92.3 Å². The molecular formula is C18H20ClFN6O2. The summed E-state index contributed by atoms with van der Waals surface area (Å²) >= 11 is 5.56. The van der Waals surface area contributed by atoms with Crippen molar-refractivity contribution in [2.45, 2.75) is 25.8 Å². The van der Waals surface area contributed by atoms with Crippen molar-refractivity contribution in [3.63, 3.8) is 0 Å². The van der Waals surface area contributed by atoms with E-state index in [1.165, 1.54) is 12.3 Å². The van der Waals surface area contributed by atoms with Crippen molar-refractivity contribution in [3.8, 4) is 5.75 Å². The van der Waals surface area contributed by atoms with E-state index in [2.05, 4.69) is 25.6 Å². The number of carbonyl (C=O) groups is 1. The molecule has 28 heavy (non-hydrogen) atoms. The van der Waals surface area contributed by atoms with E-state index >= 15 is 0 Å². The first kappa shape index (κ1) is 18.7. The minimum atomic E-state index is -0.589. The number of likely N-dealkylation sites (N-methyl/N-ethyl adjacent to an activating group) is 1. The lowest BCUT2D eigenvalue weighted by Gasteiger charge is -2.36. The lowest BCUT2D eigenvalue weighted by atomic mass is 9.81. The Kier molecular flexibility index (Phi) is 4.92. The van der Waals surface area contributed by atoms with E-state index < -0.39 is 5.82 Å². The Labute approximate surface area is 166 Å². The quantitative estimate of drug-likeness (QED) is 0.737. The van der Waals surface area contributed by atoms with Gasteiger partial charge in [0.15, 0.2) is 16.8 Å². The Hall–Kier alpha value is -2.68. The van der Waals surface area contributed by atoms with Crippen molar-refractivity contribution in [3.05, 3.63) is 28.9 Å². The van der Waals surface area contributed by atoms with Crippen molar-refractivity contribution in [2.24, 2.45) is 5.92 Å². The van der Waals surface area contributed by atoms with Gasteiger partial charge >= 0.3 is 0 Å². The summed E-state index contributed by atoms with van der Waals surface area (Å²) in [6, 6.07) is 1.48. The van der Waals surface area contributed by atoms with Crippen molar-refractivity contribution < 1.29 is 13.9 Å². The molecule has 2 aromatic rings. The standard InChI is InChI=1S/C18H20ClFN6O2/c1-9-15-17(26(2)7-14(27)24-15)25-18(22-9)23-11-3-10(4-11)8-28-12-5-13(20)16(19)21-6-12/h5-6,10-11H,3-4,7-8H2,1-2H3,(H,24,27)(H,22,23,25). The predicted octanol–water partition coefficient (Wildman–Crippen LogP) is 2.63. The highest BCUT2D eigenvalue weighted by atomic mass is 35.5. The number of aromatic nitrogens is 3. The van der Waals surface area contributed by atoms with Crippen molar-refractivity contribution in [1.82, 2.24) is 15.0 Å². The Morgan fingerprint density at radius 2 is 2.21 bits per heavy atom. The second kappa shape index (κ2) is 7.38. The number of nitrogens with zero attached hydrogens (tertiary/aromatic N) is 4. The number of fused-ring (bicyclic) bond motifs is 1. The van der Waals surface area contributed by atoms with E-state index in [0.29, 0.717) is 35.7 Å². The summed E-state index contributed by atoms with van der Waals surface area (Å²) in [7, 11) is 1.83. The number of rotatable bonds is 5. The third kappa shape index (κ3) is 3.80. The van der Waals surface area contributed by atoms with Crippen LogP contribution in [-0.2, 0) is 4.79 Å². The number of nitrogens with one attached hydrogen (secondary N) is 2. The van der Waals surface area contributed by atoms with E-state index in [1.54, 1.807) is 0 Å². The second-order valence-corrected chi connectivity index (χ2v) is 7.53. The molecule has 4 rings (SSSR count). The van der Waals surface area contributed by atoms with Gasteiger partial charge in [0.25, 0.3) is 0 Å². The maximum Gasteiger partial charge on any atom is 0.244 e. The fourth-order valence-electron chi connectivity index (χ4n) is 3.38. The monoisotopic (exact) mass is 406 g/mol. The molecule has 1 aliphatic heterocycles. The summed E-state index contributed by atoms with van der Waals surface area (Å²) in [5.41, 5.74) is 1.39. The van der Waals surface area contributed by atoms with Crippen molar-refractivity contribution >= 4 is 35.0 Å². The first-order valence-electron chi connectivity index (χ1n) is 8.99. The van der Waals surface area contributed by atoms with Crippen LogP contribution in [-0.4, -0.2) is 47.1 Å². The van der Waals surface area contributed by atoms with Gasteiger partial charge in [-0.2, -0.15) is 4.98 Å². The van der Waals surface area contributed by atoms with Gasteiger partial charge in [0.05, 0.1) is 25.0 Å². The molecule has 1 fully saturated rings. The second-order valence-electron chi connectivity index (χ2n) is 7.17. The average Bonchev–Trinajstić information content (AvgIpc) is 2.61. The summed E-state index contributed by atoms with van der Waals surface area (Å²) in [5.74, 6) is 1.33. The van der Waals surface area contributed by atoms with Crippen molar-refractivity contribution in [1.29, 1.82) is 0 Å². The zero-order chi connectivity index (χ0) is 19.8. The summed E-state index contributed by atoms with van der Waals surface area (Å²) < 4.78 is 19.0. The molecule has 2 aromatic heterocycles. The molecular weight excluding hydrogens is 387 g/mol. The number of amides is 1. The first-order chi connectivity index (χ1) is 13.4. The Balaban J connectivity index is 1.31. The van der Waals surface area contributed by atoms with E-state index in [1.807, 2.05) is 18.9 Å². The van der Waals surface area contributed by atoms with Crippen LogP contribution >= 0.6 is 11.6 Å². The van der Waals surface area contributed by atoms with Crippen LogP contribution in [0.25, 0.3) is 0 Å². The number of carbonyl (C=O) groups excluding carboxylic acids is 1. The van der Waals surface area contributed by atoms with Gasteiger partial charge in [0.2, 0.25) is 11.9 Å². The third-order valence-electron chi connectivity index (χ3n) is 4.90. The molecule has 0 aromatic carbocycles. The van der Waals surface area contributed by atoms with Crippen LogP contribution in [0.5, 0.6) is 5.75 Å². The lowest BCUT2D eigenvalue weighted by molar-refractivity contribution is -0.115. The van der Waals surface area contributed by atoms with E-state index in [0.717, 1.165) is 18.5 Å². The number of aryl methyl sites for hydroxylation is 1. The maximum absolute atomic E-state index is 13.4. The Morgan fingerprint density at radius 3 is 2.96 bits per heavy atom. The minimum absolute atomic E-state index is 0.0694. The van der Waals surface area contributed by atoms with Crippen molar-refractivity contribution in [2.75, 3.05) is 35.7 Å². The number of hydrogen-bond acceptors (Lipinski definition) is 7. The molecule has 8 nitrogen and oxygen atoms in total. The normalized spacial score (nSPS) is 20.9. The van der Waals surface area contributed by atoms with Gasteiger partial charge in [-0.3, -0.25) is 4.79 Å². The summed E-state index contributed by atoms with van der Waals surface area (Å²) in [4.78, 5) is 26.2. The summed E-state index contributed by atoms with van der Waals surface area (Å²) in [6.07, 6.45) is 3.21. The fraction of sp³-hybridized carbons (Fsp3) is 0.444. The van der Waals surface area contributed by atoms with Gasteiger partial charge in [-0.25, -0.2) is 14.4 Å². The summed E-state index contributed by atoms with van der Waals surface area (Å²) in [6.45, 7) is 2.60. The molecule has 0 unspecified atom stereocenters. The van der Waals surface area contributed by atoms with Gasteiger partial charge < -0.3 is 20.3 Å². The average molecular weight is 407 g/mol. The molecule has 2 N–H and O–H groups in total. The summed E-state index contributed by atoms with van der Waals surface area (Å²) in [5, 5.41) is 6.00. The van der Waals surface area contributed by atoms with E-state index in [-0.39, 0.29) is 23.6 Å². The molecule has 0 atom stereocenters. The number of halogens is 2. The first-order valence-corrected chi connectivity index (χ1v) is 9.37. The van der Waals surface area contributed by atoms with Crippen LogP contribution in [0.4, 0.5) is 21.8 Å². The molecule has 1 aliphatic carbocycles. The molecule has 3 heterocycles. The largest absolute Gasteiger partial charge is 0.492 e. The highest BCUT2D eigenvalue weighted by Gasteiger charge is 2.31. The van der Waals surface area contributed by atoms with E-state index in [4.69, 9.17) is 16.3 Å². The number of anilines is 3. The van der Waals surface area contributed by atoms with Crippen LogP contribution in [0.2, 0.25) is 5.15 Å². The lowest BCUT2D eigenvalue weighted by Crippen LogP contribution is -2.40. The van der Waals surface area contributed by atoms with Crippen LogP contribution in [0.3, 0.4) is 0 Å². The maximum atomic E-state index is 13.4. The molecule has 0 spiro atoms. The number of pyridine rings is 1. The highest BCUT2D eigenvalue weighted by Crippen LogP contribution is 2.33. The number of ether oxygens (including phenoxy) is 1. The zero-order valence-corrected chi connectivity index (χ0v) is 16.3. The van der Waals surface area contributed by atoms with Gasteiger partial charge in [0.1, 0.15) is 11.4 Å². The molecule has 0 radical (unpaired) electrons. The molecule has 1 amide bonds. The van der Waals surface area contributed by atoms with Gasteiger partial charge in [-0.05, 0) is 25.7 Å². The molecule has 2 aliphatic rings. The van der Waals surface area contributed by atoms with Crippen LogP contribution in [0, 0.1) is 18.7 Å². The molecule has 1 saturated carbocycles. The fourth-order valence-corrected chi connectivity index (χ4v) is 3.49. The predicted molar refractivity (Wildman–Crippen MR) is 104 cm³/mol.